The van der Waals surface area contributed by atoms with Crippen LogP contribution in [0.2, 0.25) is 0 Å². The van der Waals surface area contributed by atoms with Crippen molar-refractivity contribution in [1.82, 2.24) is 0 Å². The van der Waals surface area contributed by atoms with Gasteiger partial charge in [0, 0.05) is 19.8 Å². The van der Waals surface area contributed by atoms with Gasteiger partial charge in [-0.05, 0) is 44.8 Å². The van der Waals surface area contributed by atoms with Crippen molar-refractivity contribution in [1.29, 1.82) is 0 Å². The van der Waals surface area contributed by atoms with Gasteiger partial charge in [-0.3, -0.25) is 14.4 Å². The number of aliphatic hydroxyl groups excluding tert-OH is 1. The van der Waals surface area contributed by atoms with Gasteiger partial charge in [0.1, 0.15) is 23.9 Å². The molecule has 1 saturated carbocycles. The van der Waals surface area contributed by atoms with Crippen LogP contribution in [0.3, 0.4) is 0 Å². The summed E-state index contributed by atoms with van der Waals surface area (Å²) in [5, 5.41) is 34.7. The number of ether oxygens (including phenoxy) is 4. The summed E-state index contributed by atoms with van der Waals surface area (Å²) in [4.78, 5) is 50.2. The number of aliphatic hydroxyl groups is 3. The maximum Gasteiger partial charge on any atom is 0.341 e. The second-order valence-electron chi connectivity index (χ2n) is 10.8. The highest BCUT2D eigenvalue weighted by Gasteiger charge is 2.75. The van der Waals surface area contributed by atoms with Gasteiger partial charge in [-0.25, -0.2) is 4.79 Å². The molecule has 0 amide bonds. The van der Waals surface area contributed by atoms with Crippen molar-refractivity contribution in [3.8, 4) is 0 Å². The second kappa shape index (κ2) is 9.99. The van der Waals surface area contributed by atoms with E-state index >= 15 is 0 Å². The number of hydrogen-bond donors (Lipinski definition) is 3. The van der Waals surface area contributed by atoms with Gasteiger partial charge in [0.25, 0.3) is 0 Å². The van der Waals surface area contributed by atoms with E-state index in [0.717, 1.165) is 13.8 Å². The number of hydrogen-bond acceptors (Lipinski definition) is 11. The van der Waals surface area contributed by atoms with Gasteiger partial charge in [-0.2, -0.15) is 0 Å². The van der Waals surface area contributed by atoms with Gasteiger partial charge >= 0.3 is 23.9 Å². The molecule has 1 saturated heterocycles. The second-order valence-corrected chi connectivity index (χ2v) is 10.8. The largest absolute Gasteiger partial charge is 0.459 e. The molecule has 11 nitrogen and oxygen atoms in total. The average Bonchev–Trinajstić information content (AvgIpc) is 3.11. The summed E-state index contributed by atoms with van der Waals surface area (Å²) in [6, 6.07) is 0. The van der Waals surface area contributed by atoms with E-state index in [4.69, 9.17) is 18.9 Å². The molecule has 0 spiro atoms. The number of carbonyl (C=O) groups excluding carboxylic acids is 4. The van der Waals surface area contributed by atoms with Gasteiger partial charge in [-0.15, -0.1) is 0 Å². The van der Waals surface area contributed by atoms with Crippen LogP contribution in [-0.2, 0) is 38.1 Å². The van der Waals surface area contributed by atoms with Crippen molar-refractivity contribution in [2.45, 2.75) is 115 Å². The molecule has 2 fully saturated rings. The Morgan fingerprint density at radius 3 is 2.32 bits per heavy atom. The molecule has 3 aliphatic rings. The Morgan fingerprint density at radius 2 is 1.78 bits per heavy atom. The zero-order chi connectivity index (χ0) is 28.1. The van der Waals surface area contributed by atoms with Crippen LogP contribution in [0, 0.1) is 11.8 Å². The Balaban J connectivity index is 2.24. The lowest BCUT2D eigenvalue weighted by atomic mass is 9.75. The lowest BCUT2D eigenvalue weighted by Crippen LogP contribution is -2.64. The summed E-state index contributed by atoms with van der Waals surface area (Å²) in [5.74, 6) is -4.71. The van der Waals surface area contributed by atoms with Crippen LogP contribution < -0.4 is 0 Å². The highest BCUT2D eigenvalue weighted by atomic mass is 16.6. The summed E-state index contributed by atoms with van der Waals surface area (Å²) in [5.41, 5.74) is -6.22. The topological polar surface area (TPSA) is 166 Å². The normalized spacial score (nSPS) is 39.7. The first-order chi connectivity index (χ1) is 17.1. The van der Waals surface area contributed by atoms with Crippen molar-refractivity contribution in [2.75, 3.05) is 0 Å². The Bertz CT molecular complexity index is 1000. The standard InChI is InChI=1S/C26H38O11/c1-8-10-16(28)34-15-11-24(6,37-14(5)27)18-17(21-26(15,33)25(7,32)23(31)36-21)13(4)20(19(18)29)35-22(30)12(3)9-2/h12,15,18-21,29,32-33H,8-11H2,1-7H3/t12?,15-,18?,19-,20+,21-,24-,25+,26+/m0/s1. The Hall–Kier alpha value is -2.50. The maximum absolute atomic E-state index is 12.8. The van der Waals surface area contributed by atoms with Gasteiger partial charge in [-0.1, -0.05) is 20.8 Å². The SMILES string of the molecule is CCCC(=O)O[C@H]1C[C@](C)(OC(C)=O)C2C(=C(C)[C@@H](OC(=O)C(C)CC)[C@H]2O)[C@@H]2OC(=O)[C@@](C)(O)[C@@]12O. The molecule has 11 heteroatoms. The fourth-order valence-electron chi connectivity index (χ4n) is 5.80. The monoisotopic (exact) mass is 526 g/mol. The third kappa shape index (κ3) is 4.55. The zero-order valence-corrected chi connectivity index (χ0v) is 22.4. The molecule has 9 atom stereocenters. The van der Waals surface area contributed by atoms with E-state index < -0.39 is 76.9 Å². The van der Waals surface area contributed by atoms with Crippen LogP contribution in [0.4, 0.5) is 0 Å². The highest BCUT2D eigenvalue weighted by Crippen LogP contribution is 2.57. The van der Waals surface area contributed by atoms with Gasteiger partial charge in [0.05, 0.1) is 11.8 Å². The van der Waals surface area contributed by atoms with E-state index in [1.165, 1.54) is 6.92 Å². The molecule has 0 aromatic heterocycles. The first kappa shape index (κ1) is 29.1. The molecule has 208 valence electrons. The molecule has 1 aliphatic heterocycles. The number of carbonyl (C=O) groups is 4. The molecule has 3 rings (SSSR count). The van der Waals surface area contributed by atoms with Crippen LogP contribution in [0.5, 0.6) is 0 Å². The molecule has 2 aliphatic carbocycles. The van der Waals surface area contributed by atoms with Crippen LogP contribution >= 0.6 is 0 Å². The van der Waals surface area contributed by atoms with Gasteiger partial charge < -0.3 is 34.3 Å². The van der Waals surface area contributed by atoms with Gasteiger partial charge in [0.15, 0.2) is 17.3 Å². The Morgan fingerprint density at radius 1 is 1.16 bits per heavy atom. The average molecular weight is 527 g/mol. The lowest BCUT2D eigenvalue weighted by molar-refractivity contribution is -0.211. The smallest absolute Gasteiger partial charge is 0.341 e. The van der Waals surface area contributed by atoms with Crippen LogP contribution in [-0.4, -0.2) is 80.4 Å². The first-order valence-electron chi connectivity index (χ1n) is 12.7. The van der Waals surface area contributed by atoms with E-state index in [2.05, 4.69) is 0 Å². The zero-order valence-electron chi connectivity index (χ0n) is 22.4. The number of rotatable bonds is 7. The molecule has 0 radical (unpaired) electrons. The summed E-state index contributed by atoms with van der Waals surface area (Å²) in [7, 11) is 0. The molecule has 37 heavy (non-hydrogen) atoms. The van der Waals surface area contributed by atoms with Gasteiger partial charge in [0.2, 0.25) is 0 Å². The third-order valence-corrected chi connectivity index (χ3v) is 8.06. The lowest BCUT2D eigenvalue weighted by Gasteiger charge is -2.41. The van der Waals surface area contributed by atoms with Crippen LogP contribution in [0.1, 0.15) is 74.1 Å². The third-order valence-electron chi connectivity index (χ3n) is 8.06. The summed E-state index contributed by atoms with van der Waals surface area (Å²) < 4.78 is 22.4. The fraction of sp³-hybridized carbons (Fsp3) is 0.769. The molecule has 0 aromatic carbocycles. The quantitative estimate of drug-likeness (QED) is 0.247. The molecule has 1 heterocycles. The minimum absolute atomic E-state index is 0.000110. The van der Waals surface area contributed by atoms with E-state index in [1.807, 2.05) is 6.92 Å². The maximum atomic E-state index is 12.8. The highest BCUT2D eigenvalue weighted by molar-refractivity contribution is 5.85. The van der Waals surface area contributed by atoms with E-state index in [9.17, 15) is 34.5 Å². The van der Waals surface area contributed by atoms with E-state index in [1.54, 1.807) is 20.8 Å². The van der Waals surface area contributed by atoms with Crippen LogP contribution in [0.15, 0.2) is 11.1 Å². The number of esters is 4. The Kier molecular flexibility index (Phi) is 7.85. The van der Waals surface area contributed by atoms with E-state index in [0.29, 0.717) is 12.8 Å². The summed E-state index contributed by atoms with van der Waals surface area (Å²) in [6.07, 6.45) is -5.23. The molecule has 3 N–H and O–H groups in total. The molecular weight excluding hydrogens is 488 g/mol. The minimum Gasteiger partial charge on any atom is -0.459 e. The van der Waals surface area contributed by atoms with Crippen LogP contribution in [0.25, 0.3) is 0 Å². The summed E-state index contributed by atoms with van der Waals surface area (Å²) >= 11 is 0. The Labute approximate surface area is 216 Å². The minimum atomic E-state index is -2.52. The molecule has 0 aromatic rings. The predicted octanol–water partition coefficient (Wildman–Crippen LogP) is 1.10. The summed E-state index contributed by atoms with van der Waals surface area (Å²) in [6.45, 7) is 10.5. The van der Waals surface area contributed by atoms with Crippen molar-refractivity contribution >= 4 is 23.9 Å². The fourth-order valence-corrected chi connectivity index (χ4v) is 5.80. The molecular formula is C26H38O11. The first-order valence-corrected chi connectivity index (χ1v) is 12.7. The predicted molar refractivity (Wildman–Crippen MR) is 127 cm³/mol. The van der Waals surface area contributed by atoms with Crippen molar-refractivity contribution in [3.05, 3.63) is 11.1 Å². The molecule has 2 unspecified atom stereocenters. The molecule has 0 bridgehead atoms. The van der Waals surface area contributed by atoms with Crippen molar-refractivity contribution < 1.29 is 53.4 Å². The van der Waals surface area contributed by atoms with Crippen molar-refractivity contribution in [2.24, 2.45) is 11.8 Å². The number of fused-ring (bicyclic) bond motifs is 3. The van der Waals surface area contributed by atoms with Crippen molar-refractivity contribution in [3.63, 3.8) is 0 Å². The van der Waals surface area contributed by atoms with E-state index in [-0.39, 0.29) is 24.0 Å².